The van der Waals surface area contributed by atoms with Gasteiger partial charge in [-0.15, -0.1) is 0 Å². The molecule has 6 nitrogen and oxygen atoms in total. The molecule has 0 amide bonds. The Morgan fingerprint density at radius 3 is 2.54 bits per heavy atom. The number of rotatable bonds is 1. The normalized spacial score (nSPS) is 47.2. The van der Waals surface area contributed by atoms with Crippen LogP contribution in [0, 0.1) is 22.7 Å². The van der Waals surface area contributed by atoms with Gasteiger partial charge in [-0.05, 0) is 36.2 Å². The zero-order chi connectivity index (χ0) is 20.6. The van der Waals surface area contributed by atoms with E-state index in [1.165, 1.54) is 6.92 Å². The van der Waals surface area contributed by atoms with Crippen molar-refractivity contribution in [1.82, 2.24) is 0 Å². The SMILES string of the molecule is C=C1C(=O)[C@]23O[C@@H]2[C@H]1C[C@H](OC(C)=O)C(=O)[C@]1(C)CCCC(C)(C)[C@H]1C[C@H]3O. The predicted octanol–water partition coefficient (Wildman–Crippen LogP) is 2.37. The van der Waals surface area contributed by atoms with E-state index < -0.39 is 41.2 Å². The highest BCUT2D eigenvalue weighted by atomic mass is 16.6. The second kappa shape index (κ2) is 5.99. The topological polar surface area (TPSA) is 93.2 Å². The van der Waals surface area contributed by atoms with Crippen LogP contribution >= 0.6 is 0 Å². The summed E-state index contributed by atoms with van der Waals surface area (Å²) in [6, 6.07) is 0. The van der Waals surface area contributed by atoms with E-state index in [1.807, 2.05) is 6.92 Å². The molecule has 0 aromatic rings. The van der Waals surface area contributed by atoms with Gasteiger partial charge in [-0.2, -0.15) is 0 Å². The second-order valence-corrected chi connectivity index (χ2v) is 10.1. The maximum atomic E-state index is 13.7. The van der Waals surface area contributed by atoms with E-state index in [1.54, 1.807) is 0 Å². The van der Waals surface area contributed by atoms with Crippen LogP contribution in [0.25, 0.3) is 0 Å². The molecule has 0 unspecified atom stereocenters. The van der Waals surface area contributed by atoms with E-state index in [0.29, 0.717) is 18.4 Å². The van der Waals surface area contributed by atoms with Crippen LogP contribution < -0.4 is 0 Å². The predicted molar refractivity (Wildman–Crippen MR) is 100 cm³/mol. The monoisotopic (exact) mass is 390 g/mol. The van der Waals surface area contributed by atoms with Gasteiger partial charge >= 0.3 is 5.97 Å². The zero-order valence-corrected chi connectivity index (χ0v) is 17.1. The lowest BCUT2D eigenvalue weighted by molar-refractivity contribution is -0.164. The number of esters is 1. The molecule has 1 N–H and O–H groups in total. The molecule has 2 bridgehead atoms. The first kappa shape index (κ1) is 19.8. The number of ketones is 2. The largest absolute Gasteiger partial charge is 0.454 e. The summed E-state index contributed by atoms with van der Waals surface area (Å²) in [5, 5.41) is 11.1. The maximum absolute atomic E-state index is 13.7. The number of fused-ring (bicyclic) bond motifs is 1. The Balaban J connectivity index is 1.82. The molecule has 7 atom stereocenters. The van der Waals surface area contributed by atoms with Crippen molar-refractivity contribution in [2.24, 2.45) is 22.7 Å². The first-order chi connectivity index (χ1) is 12.9. The summed E-state index contributed by atoms with van der Waals surface area (Å²) < 4.78 is 11.3. The summed E-state index contributed by atoms with van der Waals surface area (Å²) in [5.74, 6) is -1.43. The fraction of sp³-hybridized carbons (Fsp3) is 0.773. The van der Waals surface area contributed by atoms with Gasteiger partial charge in [0.2, 0.25) is 0 Å². The molecule has 3 saturated carbocycles. The summed E-state index contributed by atoms with van der Waals surface area (Å²) in [6.07, 6.45) is 0.635. The highest BCUT2D eigenvalue weighted by molar-refractivity contribution is 6.08. The lowest BCUT2D eigenvalue weighted by atomic mass is 9.52. The van der Waals surface area contributed by atoms with Gasteiger partial charge < -0.3 is 14.6 Å². The van der Waals surface area contributed by atoms with Crippen LogP contribution in [0.5, 0.6) is 0 Å². The summed E-state index contributed by atoms with van der Waals surface area (Å²) in [4.78, 5) is 38.4. The smallest absolute Gasteiger partial charge is 0.303 e. The third kappa shape index (κ3) is 2.50. The maximum Gasteiger partial charge on any atom is 0.303 e. The lowest BCUT2D eigenvalue weighted by Crippen LogP contribution is -2.54. The van der Waals surface area contributed by atoms with Crippen molar-refractivity contribution in [1.29, 1.82) is 0 Å². The number of aliphatic hydroxyl groups is 1. The molecular formula is C22H30O6. The molecule has 0 radical (unpaired) electrons. The van der Waals surface area contributed by atoms with Crippen molar-refractivity contribution >= 4 is 17.5 Å². The molecular weight excluding hydrogens is 360 g/mol. The number of hydrogen-bond donors (Lipinski definition) is 1. The molecule has 3 aliphatic carbocycles. The summed E-state index contributed by atoms with van der Waals surface area (Å²) in [6.45, 7) is 11.4. The molecule has 4 fully saturated rings. The van der Waals surface area contributed by atoms with Gasteiger partial charge in [-0.1, -0.05) is 33.8 Å². The number of carbonyl (C=O) groups is 3. The number of aliphatic hydroxyl groups excluding tert-OH is 1. The number of hydrogen-bond acceptors (Lipinski definition) is 6. The van der Waals surface area contributed by atoms with E-state index >= 15 is 0 Å². The molecule has 0 aromatic carbocycles. The van der Waals surface area contributed by atoms with Gasteiger partial charge in [-0.3, -0.25) is 14.4 Å². The Kier molecular flexibility index (Phi) is 4.23. The third-order valence-corrected chi connectivity index (χ3v) is 7.96. The Morgan fingerprint density at radius 2 is 1.89 bits per heavy atom. The second-order valence-electron chi connectivity index (χ2n) is 10.1. The van der Waals surface area contributed by atoms with E-state index in [9.17, 15) is 19.5 Å². The molecule has 4 aliphatic rings. The Hall–Kier alpha value is -1.53. The van der Waals surface area contributed by atoms with Crippen LogP contribution in [0.1, 0.15) is 59.8 Å². The highest BCUT2D eigenvalue weighted by Gasteiger charge is 2.76. The minimum Gasteiger partial charge on any atom is -0.454 e. The average Bonchev–Trinajstić information content (AvgIpc) is 3.30. The third-order valence-electron chi connectivity index (χ3n) is 7.96. The van der Waals surface area contributed by atoms with Crippen LogP contribution in [0.3, 0.4) is 0 Å². The van der Waals surface area contributed by atoms with Gasteiger partial charge in [0.05, 0.1) is 6.10 Å². The summed E-state index contributed by atoms with van der Waals surface area (Å²) >= 11 is 0. The van der Waals surface area contributed by atoms with E-state index in [2.05, 4.69) is 20.4 Å². The van der Waals surface area contributed by atoms with Crippen LogP contribution in [-0.2, 0) is 23.9 Å². The quantitative estimate of drug-likeness (QED) is 0.420. The molecule has 1 saturated heterocycles. The molecule has 154 valence electrons. The van der Waals surface area contributed by atoms with E-state index in [0.717, 1.165) is 12.8 Å². The van der Waals surface area contributed by atoms with Crippen LogP contribution in [0.4, 0.5) is 0 Å². The lowest BCUT2D eigenvalue weighted by Gasteiger charge is -2.51. The molecule has 6 heteroatoms. The van der Waals surface area contributed by atoms with E-state index in [4.69, 9.17) is 9.47 Å². The minimum absolute atomic E-state index is 0.104. The average molecular weight is 390 g/mol. The van der Waals surface area contributed by atoms with E-state index in [-0.39, 0.29) is 29.3 Å². The fourth-order valence-corrected chi connectivity index (χ4v) is 6.43. The molecule has 1 aliphatic heterocycles. The number of carbonyl (C=O) groups excluding carboxylic acids is 3. The van der Waals surface area contributed by atoms with Gasteiger partial charge in [0.1, 0.15) is 6.10 Å². The first-order valence-corrected chi connectivity index (χ1v) is 10.3. The minimum atomic E-state index is -1.22. The van der Waals surface area contributed by atoms with Crippen molar-refractivity contribution in [2.75, 3.05) is 0 Å². The highest BCUT2D eigenvalue weighted by Crippen LogP contribution is 2.61. The molecule has 28 heavy (non-hydrogen) atoms. The molecule has 0 spiro atoms. The Bertz CT molecular complexity index is 769. The fourth-order valence-electron chi connectivity index (χ4n) is 6.43. The number of Topliss-reactive ketones (excluding diaryl/α,β-unsaturated/α-hetero) is 2. The van der Waals surface area contributed by atoms with Crippen molar-refractivity contribution in [2.45, 2.75) is 83.7 Å². The van der Waals surface area contributed by atoms with Crippen molar-refractivity contribution in [3.05, 3.63) is 12.2 Å². The molecule has 1 heterocycles. The Labute approximate surface area is 165 Å². The van der Waals surface area contributed by atoms with Gasteiger partial charge in [-0.25, -0.2) is 0 Å². The van der Waals surface area contributed by atoms with Crippen LogP contribution in [0.15, 0.2) is 12.2 Å². The number of epoxide rings is 1. The summed E-state index contributed by atoms with van der Waals surface area (Å²) in [5.41, 5.74) is -1.78. The summed E-state index contributed by atoms with van der Waals surface area (Å²) in [7, 11) is 0. The van der Waals surface area contributed by atoms with Crippen LogP contribution in [0.2, 0.25) is 0 Å². The van der Waals surface area contributed by atoms with Gasteiger partial charge in [0.25, 0.3) is 0 Å². The van der Waals surface area contributed by atoms with Crippen LogP contribution in [-0.4, -0.2) is 46.6 Å². The molecule has 0 aromatic heterocycles. The number of ether oxygens (including phenoxy) is 2. The van der Waals surface area contributed by atoms with Crippen molar-refractivity contribution < 1.29 is 29.0 Å². The zero-order valence-electron chi connectivity index (χ0n) is 17.1. The van der Waals surface area contributed by atoms with Gasteiger partial charge in [0.15, 0.2) is 23.3 Å². The first-order valence-electron chi connectivity index (χ1n) is 10.3. The van der Waals surface area contributed by atoms with Gasteiger partial charge in [0, 0.05) is 24.7 Å². The Morgan fingerprint density at radius 1 is 1.21 bits per heavy atom. The van der Waals surface area contributed by atoms with Crippen molar-refractivity contribution in [3.63, 3.8) is 0 Å². The van der Waals surface area contributed by atoms with Crippen molar-refractivity contribution in [3.8, 4) is 0 Å². The standard InChI is InChI=1S/C22H30O6/c1-11-13-9-14(27-12(2)23)18(26)21(5)8-6-7-20(3,4)15(21)10-16(24)22(17(11)25)19(13)28-22/h13-16,19,24H,1,6-10H2,2-5H3/t13-,14-,15+,16+,19+,21+,22-/m0/s1. The molecule has 4 rings (SSSR count).